The number of aryl methyl sites for hydroxylation is 2. The Morgan fingerprint density at radius 1 is 0.744 bits per heavy atom. The zero-order valence-corrected chi connectivity index (χ0v) is 22.4. The van der Waals surface area contributed by atoms with Crippen LogP contribution in [-0.4, -0.2) is 33.7 Å². The monoisotopic (exact) mass is 524 g/mol. The smallest absolute Gasteiger partial charge is 0.373 e. The van der Waals surface area contributed by atoms with Crippen LogP contribution in [0.2, 0.25) is 0 Å². The molecular weight excluding hydrogens is 492 g/mol. The summed E-state index contributed by atoms with van der Waals surface area (Å²) in [5.41, 5.74) is 6.20. The summed E-state index contributed by atoms with van der Waals surface area (Å²) in [6, 6.07) is 24.1. The molecule has 1 aromatic heterocycles. The molecule has 0 unspecified atom stereocenters. The van der Waals surface area contributed by atoms with Gasteiger partial charge in [-0.05, 0) is 60.2 Å². The van der Waals surface area contributed by atoms with Gasteiger partial charge in [-0.1, -0.05) is 68.4 Å². The Kier molecular flexibility index (Phi) is 11.0. The zero-order valence-electron chi connectivity index (χ0n) is 22.4. The van der Waals surface area contributed by atoms with E-state index in [2.05, 4.69) is 49.5 Å². The number of benzene rings is 3. The molecule has 8 nitrogen and oxygen atoms in total. The van der Waals surface area contributed by atoms with Crippen LogP contribution in [-0.2, 0) is 40.0 Å². The van der Waals surface area contributed by atoms with E-state index in [4.69, 9.17) is 29.3 Å². The van der Waals surface area contributed by atoms with Crippen LogP contribution in [0.5, 0.6) is 0 Å². The molecule has 0 saturated heterocycles. The Morgan fingerprint density at radius 2 is 1.28 bits per heavy atom. The molecular formula is C31H32N4O4. The lowest BCUT2D eigenvalue weighted by molar-refractivity contribution is -0.191. The maximum atomic E-state index is 12.0. The first-order valence-electron chi connectivity index (χ1n) is 12.9. The van der Waals surface area contributed by atoms with Crippen LogP contribution in [0.25, 0.3) is 0 Å². The molecule has 0 saturated carbocycles. The van der Waals surface area contributed by atoms with E-state index in [0.29, 0.717) is 42.6 Å². The van der Waals surface area contributed by atoms with Crippen LogP contribution >= 0.6 is 0 Å². The van der Waals surface area contributed by atoms with Crippen LogP contribution in [0.1, 0.15) is 65.0 Å². The Bertz CT molecular complexity index is 1400. The van der Waals surface area contributed by atoms with E-state index in [-0.39, 0.29) is 12.1 Å². The topological polar surface area (TPSA) is 111 Å². The first-order chi connectivity index (χ1) is 19.0. The Morgan fingerprint density at radius 3 is 1.82 bits per heavy atom. The minimum Gasteiger partial charge on any atom is -0.462 e. The Labute approximate surface area is 228 Å². The number of aromatic nitrogens is 3. The van der Waals surface area contributed by atoms with Crippen molar-refractivity contribution in [3.05, 3.63) is 112 Å². The lowest BCUT2D eigenvalue weighted by Crippen LogP contribution is -2.10. The van der Waals surface area contributed by atoms with Crippen molar-refractivity contribution in [2.45, 2.75) is 46.5 Å². The molecule has 1 heterocycles. The van der Waals surface area contributed by atoms with Gasteiger partial charge in [0.2, 0.25) is 5.95 Å². The van der Waals surface area contributed by atoms with Crippen LogP contribution in [0, 0.1) is 0 Å². The quantitative estimate of drug-likeness (QED) is 0.270. The molecule has 200 valence electrons. The van der Waals surface area contributed by atoms with E-state index in [1.807, 2.05) is 30.3 Å². The zero-order chi connectivity index (χ0) is 28.0. The highest BCUT2D eigenvalue weighted by Gasteiger charge is 2.12. The van der Waals surface area contributed by atoms with Crippen molar-refractivity contribution in [2.24, 2.45) is 0 Å². The van der Waals surface area contributed by atoms with E-state index in [9.17, 15) is 4.79 Å². The molecule has 0 aliphatic rings. The second-order valence-electron chi connectivity index (χ2n) is 8.65. The highest BCUT2D eigenvalue weighted by atomic mass is 16.5. The summed E-state index contributed by atoms with van der Waals surface area (Å²) in [6.07, 6.45) is 3.31. The number of para-hydroxylation sites is 1. The predicted octanol–water partition coefficient (Wildman–Crippen LogP) is 5.51. The summed E-state index contributed by atoms with van der Waals surface area (Å²) in [6.45, 7) is 6.43. The van der Waals surface area contributed by atoms with Crippen LogP contribution in [0.15, 0.2) is 72.8 Å². The van der Waals surface area contributed by atoms with E-state index in [0.717, 1.165) is 29.7 Å². The minimum absolute atomic E-state index is 0.250. The summed E-state index contributed by atoms with van der Waals surface area (Å²) in [5.74, 6) is 1.60. The first-order valence-corrected chi connectivity index (χ1v) is 12.9. The van der Waals surface area contributed by atoms with Gasteiger partial charge in [0.25, 0.3) is 0 Å². The van der Waals surface area contributed by atoms with E-state index in [1.54, 1.807) is 19.1 Å². The predicted molar refractivity (Wildman–Crippen MR) is 148 cm³/mol. The molecule has 0 bridgehead atoms. The minimum atomic E-state index is -0.318. The summed E-state index contributed by atoms with van der Waals surface area (Å²) in [4.78, 5) is 42.5. The molecule has 0 radical (unpaired) electrons. The van der Waals surface area contributed by atoms with Crippen molar-refractivity contribution in [1.29, 1.82) is 0 Å². The van der Waals surface area contributed by atoms with Gasteiger partial charge in [0, 0.05) is 18.5 Å². The highest BCUT2D eigenvalue weighted by molar-refractivity contribution is 5.89. The third kappa shape index (κ3) is 8.69. The average molecular weight is 525 g/mol. The number of carbonyl (C=O) groups is 1. The van der Waals surface area contributed by atoms with Crippen LogP contribution in [0.3, 0.4) is 0 Å². The number of esters is 1. The van der Waals surface area contributed by atoms with Crippen LogP contribution in [0.4, 0.5) is 11.6 Å². The SMILES string of the molecule is CCOC(=O)c1ccc(Cc2nc(Cc3ccc(CC)cc3)nc(Nc3ccccc3CC)n2)cc1.O=C=O. The fourth-order valence-corrected chi connectivity index (χ4v) is 3.98. The normalized spacial score (nSPS) is 10.1. The molecule has 0 aliphatic carbocycles. The van der Waals surface area contributed by atoms with E-state index < -0.39 is 0 Å². The Hall–Kier alpha value is -4.68. The van der Waals surface area contributed by atoms with Crippen LogP contribution < -0.4 is 5.32 Å². The molecule has 8 heteroatoms. The lowest BCUT2D eigenvalue weighted by Gasteiger charge is -2.12. The standard InChI is InChI=1S/C30H32N4O2.CO2/c1-4-21-11-13-22(14-12-21)19-27-32-28(20-23-15-17-25(18-16-23)29(35)36-6-3)34-30(33-27)31-26-10-8-7-9-24(26)5-2;2-1-3/h7-18H,4-6,19-20H2,1-3H3,(H,31,32,33,34);. The van der Waals surface area contributed by atoms with Gasteiger partial charge in [-0.25, -0.2) is 9.78 Å². The molecule has 0 amide bonds. The van der Waals surface area contributed by atoms with Gasteiger partial charge in [-0.2, -0.15) is 19.6 Å². The van der Waals surface area contributed by atoms with Crippen molar-refractivity contribution in [2.75, 3.05) is 11.9 Å². The first kappa shape index (κ1) is 28.9. The third-order valence-corrected chi connectivity index (χ3v) is 5.99. The molecule has 0 atom stereocenters. The maximum absolute atomic E-state index is 12.0. The van der Waals surface area contributed by atoms with Gasteiger partial charge in [-0.15, -0.1) is 0 Å². The van der Waals surface area contributed by atoms with Crippen molar-refractivity contribution in [1.82, 2.24) is 15.0 Å². The molecule has 1 N–H and O–H groups in total. The van der Waals surface area contributed by atoms with Crippen molar-refractivity contribution in [3.8, 4) is 0 Å². The number of nitrogens with zero attached hydrogens (tertiary/aromatic N) is 3. The number of rotatable bonds is 10. The summed E-state index contributed by atoms with van der Waals surface area (Å²) in [5, 5.41) is 3.41. The fraction of sp³-hybridized carbons (Fsp3) is 0.258. The van der Waals surface area contributed by atoms with Crippen molar-refractivity contribution >= 4 is 23.8 Å². The number of anilines is 2. The van der Waals surface area contributed by atoms with Crippen molar-refractivity contribution < 1.29 is 19.1 Å². The number of ether oxygens (including phenoxy) is 1. The van der Waals surface area contributed by atoms with E-state index >= 15 is 0 Å². The maximum Gasteiger partial charge on any atom is 0.373 e. The fourth-order valence-electron chi connectivity index (χ4n) is 3.98. The lowest BCUT2D eigenvalue weighted by atomic mass is 10.1. The van der Waals surface area contributed by atoms with Gasteiger partial charge in [-0.3, -0.25) is 0 Å². The van der Waals surface area contributed by atoms with Gasteiger partial charge in [0.15, 0.2) is 0 Å². The van der Waals surface area contributed by atoms with Gasteiger partial charge >= 0.3 is 12.1 Å². The molecule has 4 rings (SSSR count). The van der Waals surface area contributed by atoms with Gasteiger partial charge in [0.1, 0.15) is 11.6 Å². The number of hydrogen-bond acceptors (Lipinski definition) is 8. The Balaban J connectivity index is 0.00000134. The summed E-state index contributed by atoms with van der Waals surface area (Å²) in [7, 11) is 0. The molecule has 0 fully saturated rings. The van der Waals surface area contributed by atoms with Crippen molar-refractivity contribution in [3.63, 3.8) is 0 Å². The largest absolute Gasteiger partial charge is 0.462 e. The van der Waals surface area contributed by atoms with Gasteiger partial charge in [0.05, 0.1) is 12.2 Å². The second kappa shape index (κ2) is 14.9. The molecule has 4 aromatic rings. The summed E-state index contributed by atoms with van der Waals surface area (Å²) >= 11 is 0. The number of nitrogens with one attached hydrogen (secondary N) is 1. The molecule has 3 aromatic carbocycles. The third-order valence-electron chi connectivity index (χ3n) is 5.99. The molecule has 39 heavy (non-hydrogen) atoms. The van der Waals surface area contributed by atoms with E-state index in [1.165, 1.54) is 11.1 Å². The highest BCUT2D eigenvalue weighted by Crippen LogP contribution is 2.20. The summed E-state index contributed by atoms with van der Waals surface area (Å²) < 4.78 is 5.08. The molecule has 0 spiro atoms. The number of carbonyl (C=O) groups excluding carboxylic acids is 3. The average Bonchev–Trinajstić information content (AvgIpc) is 2.94. The molecule has 0 aliphatic heterocycles. The second-order valence-corrected chi connectivity index (χ2v) is 8.65. The number of hydrogen-bond donors (Lipinski definition) is 1. The van der Waals surface area contributed by atoms with Gasteiger partial charge < -0.3 is 10.1 Å².